The van der Waals surface area contributed by atoms with Crippen LogP contribution in [0.5, 0.6) is 0 Å². The second kappa shape index (κ2) is 8.87. The van der Waals surface area contributed by atoms with Crippen molar-refractivity contribution in [2.75, 3.05) is 6.61 Å². The number of aromatic amines is 1. The van der Waals surface area contributed by atoms with Crippen LogP contribution in [0.15, 0.2) is 58.6 Å². The van der Waals surface area contributed by atoms with Gasteiger partial charge in [-0.25, -0.2) is 9.78 Å². The largest absolute Gasteiger partial charge is 0.454 e. The van der Waals surface area contributed by atoms with E-state index in [1.807, 2.05) is 30.3 Å². The lowest BCUT2D eigenvalue weighted by atomic mass is 10.1. The number of nitrogens with zero attached hydrogens (tertiary/aromatic N) is 1. The Morgan fingerprint density at radius 1 is 1.07 bits per heavy atom. The third kappa shape index (κ3) is 4.63. The Hall–Kier alpha value is -3.19. The first-order chi connectivity index (χ1) is 13.9. The molecule has 3 rings (SSSR count). The van der Waals surface area contributed by atoms with Gasteiger partial charge in [0.1, 0.15) is 5.03 Å². The van der Waals surface area contributed by atoms with Crippen LogP contribution in [0, 0.1) is 13.8 Å². The van der Waals surface area contributed by atoms with Crippen molar-refractivity contribution in [1.29, 1.82) is 0 Å². The average molecular weight is 408 g/mol. The van der Waals surface area contributed by atoms with Gasteiger partial charge in [-0.1, -0.05) is 30.0 Å². The fraction of sp³-hybridized carbons (Fsp3) is 0.182. The molecule has 0 unspecified atom stereocenters. The summed E-state index contributed by atoms with van der Waals surface area (Å²) in [5, 5.41) is 0.502. The monoisotopic (exact) mass is 408 g/mol. The molecule has 1 aromatic carbocycles. The maximum absolute atomic E-state index is 12.6. The van der Waals surface area contributed by atoms with Gasteiger partial charge >= 0.3 is 5.97 Å². The highest BCUT2D eigenvalue weighted by atomic mass is 32.2. The number of pyridine rings is 1. The number of esters is 1. The highest BCUT2D eigenvalue weighted by Crippen LogP contribution is 2.28. The van der Waals surface area contributed by atoms with Crippen molar-refractivity contribution in [3.05, 3.63) is 76.7 Å². The summed E-state index contributed by atoms with van der Waals surface area (Å²) >= 11 is 1.34. The van der Waals surface area contributed by atoms with Crippen LogP contribution in [-0.2, 0) is 4.74 Å². The lowest BCUT2D eigenvalue weighted by molar-refractivity contribution is 0.0469. The van der Waals surface area contributed by atoms with Gasteiger partial charge in [-0.05, 0) is 50.6 Å². The highest BCUT2D eigenvalue weighted by Gasteiger charge is 2.22. The van der Waals surface area contributed by atoms with E-state index in [1.165, 1.54) is 18.7 Å². The van der Waals surface area contributed by atoms with Crippen molar-refractivity contribution in [3.63, 3.8) is 0 Å². The summed E-state index contributed by atoms with van der Waals surface area (Å²) in [6.07, 6.45) is 1.60. The van der Waals surface area contributed by atoms with Gasteiger partial charge in [-0.15, -0.1) is 0 Å². The maximum atomic E-state index is 12.6. The minimum Gasteiger partial charge on any atom is -0.454 e. The number of benzene rings is 1. The zero-order chi connectivity index (χ0) is 21.0. The van der Waals surface area contributed by atoms with Gasteiger partial charge in [0.25, 0.3) is 0 Å². The molecule has 148 valence electrons. The fourth-order valence-corrected chi connectivity index (χ4v) is 3.96. The molecule has 6 nitrogen and oxygen atoms in total. The normalized spacial score (nSPS) is 10.6. The third-order valence-corrected chi connectivity index (χ3v) is 5.38. The van der Waals surface area contributed by atoms with Crippen molar-refractivity contribution in [2.24, 2.45) is 0 Å². The average Bonchev–Trinajstić information content (AvgIpc) is 3.01. The molecular formula is C22H20N2O4S. The molecule has 0 aliphatic rings. The molecule has 2 aromatic heterocycles. The first-order valence-electron chi connectivity index (χ1n) is 8.96. The Kier molecular flexibility index (Phi) is 6.29. The number of carbonyl (C=O) groups excluding carboxylic acids is 3. The van der Waals surface area contributed by atoms with Crippen LogP contribution >= 0.6 is 11.8 Å². The quantitative estimate of drug-likeness (QED) is 0.460. The van der Waals surface area contributed by atoms with Gasteiger partial charge in [0.05, 0.1) is 11.3 Å². The van der Waals surface area contributed by atoms with E-state index >= 15 is 0 Å². The molecule has 0 bridgehead atoms. The first kappa shape index (κ1) is 20.5. The zero-order valence-electron chi connectivity index (χ0n) is 16.3. The number of rotatable bonds is 7. The Morgan fingerprint density at radius 3 is 2.45 bits per heavy atom. The molecule has 0 saturated carbocycles. The molecule has 0 fully saturated rings. The van der Waals surface area contributed by atoms with Crippen LogP contribution in [0.2, 0.25) is 0 Å². The van der Waals surface area contributed by atoms with E-state index < -0.39 is 18.4 Å². The van der Waals surface area contributed by atoms with Crippen molar-refractivity contribution in [3.8, 4) is 0 Å². The molecular weight excluding hydrogens is 388 g/mol. The van der Waals surface area contributed by atoms with Gasteiger partial charge < -0.3 is 9.72 Å². The number of ether oxygens (including phenoxy) is 1. The van der Waals surface area contributed by atoms with Crippen LogP contribution in [0.25, 0.3) is 0 Å². The summed E-state index contributed by atoms with van der Waals surface area (Å²) in [5.74, 6) is -1.14. The number of Topliss-reactive ketones (excluding diaryl/α,β-unsaturated/α-hetero) is 2. The predicted molar refractivity (Wildman–Crippen MR) is 110 cm³/mol. The number of nitrogens with one attached hydrogen (secondary N) is 1. The zero-order valence-corrected chi connectivity index (χ0v) is 17.1. The number of ketones is 2. The molecule has 7 heteroatoms. The van der Waals surface area contributed by atoms with Gasteiger partial charge in [-0.3, -0.25) is 9.59 Å². The van der Waals surface area contributed by atoms with E-state index in [0.29, 0.717) is 21.8 Å². The van der Waals surface area contributed by atoms with Crippen molar-refractivity contribution in [2.45, 2.75) is 30.7 Å². The molecule has 0 aliphatic carbocycles. The molecule has 0 spiro atoms. The van der Waals surface area contributed by atoms with Crippen LogP contribution < -0.4 is 0 Å². The van der Waals surface area contributed by atoms with Gasteiger partial charge in [0.15, 0.2) is 12.4 Å². The number of aromatic nitrogens is 2. The Morgan fingerprint density at radius 2 is 1.79 bits per heavy atom. The lowest BCUT2D eigenvalue weighted by Crippen LogP contribution is -2.16. The molecule has 0 atom stereocenters. The topological polar surface area (TPSA) is 89.1 Å². The predicted octanol–water partition coefficient (Wildman–Crippen LogP) is 4.42. The molecule has 29 heavy (non-hydrogen) atoms. The van der Waals surface area contributed by atoms with Crippen LogP contribution in [0.3, 0.4) is 0 Å². The number of H-pyrrole nitrogens is 1. The fourth-order valence-electron chi connectivity index (χ4n) is 3.07. The highest BCUT2D eigenvalue weighted by molar-refractivity contribution is 7.99. The van der Waals surface area contributed by atoms with E-state index in [2.05, 4.69) is 9.97 Å². The molecule has 2 heterocycles. The Labute approximate surface area is 172 Å². The second-order valence-corrected chi connectivity index (χ2v) is 7.51. The van der Waals surface area contributed by atoms with Gasteiger partial charge in [0, 0.05) is 22.3 Å². The van der Waals surface area contributed by atoms with E-state index in [9.17, 15) is 14.4 Å². The van der Waals surface area contributed by atoms with Gasteiger partial charge in [0.2, 0.25) is 5.78 Å². The Balaban J connectivity index is 1.73. The van der Waals surface area contributed by atoms with Crippen LogP contribution in [0.4, 0.5) is 0 Å². The number of hydrogen-bond donors (Lipinski definition) is 1. The van der Waals surface area contributed by atoms with Gasteiger partial charge in [-0.2, -0.15) is 0 Å². The SMILES string of the molecule is CC(=O)c1c(C)[nH]c(C(=O)COC(=O)c2cccnc2Sc2ccccc2)c1C. The second-order valence-electron chi connectivity index (χ2n) is 6.45. The lowest BCUT2D eigenvalue weighted by Gasteiger charge is -2.08. The summed E-state index contributed by atoms with van der Waals surface area (Å²) in [4.78, 5) is 44.9. The first-order valence-corrected chi connectivity index (χ1v) is 9.78. The van der Waals surface area contributed by atoms with E-state index in [0.717, 1.165) is 4.90 Å². The Bertz CT molecular complexity index is 1070. The molecule has 0 saturated heterocycles. The summed E-state index contributed by atoms with van der Waals surface area (Å²) in [5.41, 5.74) is 2.26. The van der Waals surface area contributed by atoms with Crippen LogP contribution in [-0.4, -0.2) is 34.1 Å². The van der Waals surface area contributed by atoms with Crippen molar-refractivity contribution < 1.29 is 19.1 Å². The van der Waals surface area contributed by atoms with E-state index in [-0.39, 0.29) is 17.0 Å². The number of aryl methyl sites for hydroxylation is 1. The molecule has 0 radical (unpaired) electrons. The van der Waals surface area contributed by atoms with Crippen molar-refractivity contribution in [1.82, 2.24) is 9.97 Å². The van der Waals surface area contributed by atoms with Crippen molar-refractivity contribution >= 4 is 29.3 Å². The molecule has 0 amide bonds. The maximum Gasteiger partial charge on any atom is 0.341 e. The minimum absolute atomic E-state index is 0.120. The standard InChI is InChI=1S/C22H20N2O4S/c1-13-19(15(3)25)14(2)24-20(13)18(26)12-28-22(27)17-10-7-11-23-21(17)29-16-8-5-4-6-9-16/h4-11,24H,12H2,1-3H3. The molecule has 0 aliphatic heterocycles. The third-order valence-electron chi connectivity index (χ3n) is 4.35. The summed E-state index contributed by atoms with van der Waals surface area (Å²) in [7, 11) is 0. The molecule has 3 aromatic rings. The molecule has 1 N–H and O–H groups in total. The van der Waals surface area contributed by atoms with E-state index in [1.54, 1.807) is 32.2 Å². The van der Waals surface area contributed by atoms with E-state index in [4.69, 9.17) is 4.74 Å². The smallest absolute Gasteiger partial charge is 0.341 e. The summed E-state index contributed by atoms with van der Waals surface area (Å²) in [6, 6.07) is 12.8. The number of carbonyl (C=O) groups is 3. The number of hydrogen-bond acceptors (Lipinski definition) is 6. The van der Waals surface area contributed by atoms with Crippen LogP contribution in [0.1, 0.15) is 49.4 Å². The minimum atomic E-state index is -0.627. The summed E-state index contributed by atoms with van der Waals surface area (Å²) in [6.45, 7) is 4.45. The summed E-state index contributed by atoms with van der Waals surface area (Å²) < 4.78 is 5.24.